The number of aliphatic imine (C=N–C) groups is 1. The lowest BCUT2D eigenvalue weighted by atomic mass is 10.1. The molecule has 1 aromatic rings. The lowest BCUT2D eigenvalue weighted by Crippen LogP contribution is -2.42. The molecule has 1 aliphatic rings. The van der Waals surface area contributed by atoms with E-state index in [1.807, 2.05) is 24.3 Å². The van der Waals surface area contributed by atoms with Crippen LogP contribution >= 0.6 is 0 Å². The SMILES string of the molecule is CCNC(=NCc1ccc(C(=O)N(C)C)cc1)NCC(C)CN1CCCCC1. The molecule has 1 heterocycles. The van der Waals surface area contributed by atoms with Crippen molar-refractivity contribution in [2.75, 3.05) is 46.8 Å². The summed E-state index contributed by atoms with van der Waals surface area (Å²) in [5.41, 5.74) is 1.79. The summed E-state index contributed by atoms with van der Waals surface area (Å²) in [6.07, 6.45) is 4.05. The number of hydrogen-bond donors (Lipinski definition) is 2. The second-order valence-electron chi connectivity index (χ2n) is 7.94. The molecule has 0 bridgehead atoms. The number of carbonyl (C=O) groups is 1. The monoisotopic (exact) mass is 387 g/mol. The van der Waals surface area contributed by atoms with Gasteiger partial charge in [0.2, 0.25) is 0 Å². The van der Waals surface area contributed by atoms with Crippen molar-refractivity contribution in [3.05, 3.63) is 35.4 Å². The molecule has 1 saturated heterocycles. The lowest BCUT2D eigenvalue weighted by molar-refractivity contribution is 0.0827. The summed E-state index contributed by atoms with van der Waals surface area (Å²) in [6.45, 7) is 10.3. The Balaban J connectivity index is 1.84. The minimum Gasteiger partial charge on any atom is -0.357 e. The minimum absolute atomic E-state index is 0.0211. The summed E-state index contributed by atoms with van der Waals surface area (Å²) in [6, 6.07) is 7.69. The van der Waals surface area contributed by atoms with Crippen LogP contribution in [-0.2, 0) is 6.54 Å². The molecule has 28 heavy (non-hydrogen) atoms. The van der Waals surface area contributed by atoms with Crippen molar-refractivity contribution >= 4 is 11.9 Å². The summed E-state index contributed by atoms with van der Waals surface area (Å²) in [5, 5.41) is 6.80. The zero-order valence-electron chi connectivity index (χ0n) is 18.0. The lowest BCUT2D eigenvalue weighted by Gasteiger charge is -2.29. The summed E-state index contributed by atoms with van der Waals surface area (Å²) in [4.78, 5) is 20.8. The summed E-state index contributed by atoms with van der Waals surface area (Å²) in [7, 11) is 3.53. The third-order valence-corrected chi connectivity index (χ3v) is 5.01. The predicted molar refractivity (Wildman–Crippen MR) is 117 cm³/mol. The highest BCUT2D eigenvalue weighted by Gasteiger charge is 2.13. The van der Waals surface area contributed by atoms with E-state index in [9.17, 15) is 4.79 Å². The normalized spacial score (nSPS) is 16.5. The number of nitrogens with zero attached hydrogens (tertiary/aromatic N) is 3. The maximum atomic E-state index is 12.0. The van der Waals surface area contributed by atoms with Gasteiger partial charge in [-0.05, 0) is 56.5 Å². The van der Waals surface area contributed by atoms with E-state index in [-0.39, 0.29) is 5.91 Å². The van der Waals surface area contributed by atoms with Gasteiger partial charge in [0.15, 0.2) is 5.96 Å². The third-order valence-electron chi connectivity index (χ3n) is 5.01. The van der Waals surface area contributed by atoms with E-state index in [0.717, 1.165) is 31.2 Å². The first-order chi connectivity index (χ1) is 13.5. The van der Waals surface area contributed by atoms with Crippen LogP contribution in [0.5, 0.6) is 0 Å². The van der Waals surface area contributed by atoms with Gasteiger partial charge in [-0.3, -0.25) is 4.79 Å². The molecular weight excluding hydrogens is 350 g/mol. The van der Waals surface area contributed by atoms with E-state index < -0.39 is 0 Å². The van der Waals surface area contributed by atoms with Gasteiger partial charge in [-0.2, -0.15) is 0 Å². The zero-order valence-corrected chi connectivity index (χ0v) is 18.0. The molecule has 1 unspecified atom stereocenters. The molecule has 1 aliphatic heterocycles. The van der Waals surface area contributed by atoms with E-state index in [1.54, 1.807) is 19.0 Å². The molecule has 0 saturated carbocycles. The standard InChI is InChI=1S/C22H37N5O/c1-5-23-22(24-15-18(2)17-27-13-7-6-8-14-27)25-16-19-9-11-20(12-10-19)21(28)26(3)4/h9-12,18H,5-8,13-17H2,1-4H3,(H2,23,24,25). The number of likely N-dealkylation sites (tertiary alicyclic amines) is 1. The van der Waals surface area contributed by atoms with Crippen molar-refractivity contribution in [1.29, 1.82) is 0 Å². The zero-order chi connectivity index (χ0) is 20.4. The Morgan fingerprint density at radius 2 is 1.82 bits per heavy atom. The summed E-state index contributed by atoms with van der Waals surface area (Å²) >= 11 is 0. The quantitative estimate of drug-likeness (QED) is 0.532. The van der Waals surface area contributed by atoms with Crippen molar-refractivity contribution in [2.24, 2.45) is 10.9 Å². The van der Waals surface area contributed by atoms with Crippen LogP contribution < -0.4 is 10.6 Å². The van der Waals surface area contributed by atoms with Crippen molar-refractivity contribution in [2.45, 2.75) is 39.7 Å². The van der Waals surface area contributed by atoms with E-state index in [4.69, 9.17) is 4.99 Å². The van der Waals surface area contributed by atoms with Gasteiger partial charge in [-0.1, -0.05) is 25.5 Å². The summed E-state index contributed by atoms with van der Waals surface area (Å²) in [5.74, 6) is 1.45. The molecule has 6 nitrogen and oxygen atoms in total. The Morgan fingerprint density at radius 1 is 1.14 bits per heavy atom. The van der Waals surface area contributed by atoms with Crippen LogP contribution in [0.1, 0.15) is 49.0 Å². The van der Waals surface area contributed by atoms with Crippen LogP contribution in [0.25, 0.3) is 0 Å². The highest BCUT2D eigenvalue weighted by molar-refractivity contribution is 5.93. The Labute approximate surface area is 170 Å². The molecule has 1 atom stereocenters. The van der Waals surface area contributed by atoms with Crippen molar-refractivity contribution in [3.63, 3.8) is 0 Å². The molecule has 2 rings (SSSR count). The van der Waals surface area contributed by atoms with E-state index in [0.29, 0.717) is 18.0 Å². The number of guanidine groups is 1. The number of piperidine rings is 1. The fraction of sp³-hybridized carbons (Fsp3) is 0.636. The average molecular weight is 388 g/mol. The van der Waals surface area contributed by atoms with Crippen LogP contribution in [0.15, 0.2) is 29.3 Å². The Bertz CT molecular complexity index is 620. The maximum absolute atomic E-state index is 12.0. The smallest absolute Gasteiger partial charge is 0.253 e. The molecule has 156 valence electrons. The minimum atomic E-state index is 0.0211. The third kappa shape index (κ3) is 7.50. The Hall–Kier alpha value is -2.08. The number of hydrogen-bond acceptors (Lipinski definition) is 3. The number of amides is 1. The second kappa shape index (κ2) is 11.7. The maximum Gasteiger partial charge on any atom is 0.253 e. The van der Waals surface area contributed by atoms with Gasteiger partial charge >= 0.3 is 0 Å². The van der Waals surface area contributed by atoms with Crippen molar-refractivity contribution in [1.82, 2.24) is 20.4 Å². The molecule has 0 radical (unpaired) electrons. The first kappa shape index (κ1) is 22.2. The van der Waals surface area contributed by atoms with Crippen LogP contribution in [0, 0.1) is 5.92 Å². The predicted octanol–water partition coefficient (Wildman–Crippen LogP) is 2.57. The molecule has 0 aliphatic carbocycles. The molecule has 0 aromatic heterocycles. The topological polar surface area (TPSA) is 60.0 Å². The van der Waals surface area contributed by atoms with Crippen molar-refractivity contribution in [3.8, 4) is 0 Å². The van der Waals surface area contributed by atoms with Crippen LogP contribution in [0.4, 0.5) is 0 Å². The summed E-state index contributed by atoms with van der Waals surface area (Å²) < 4.78 is 0. The van der Waals surface area contributed by atoms with Crippen LogP contribution in [0.2, 0.25) is 0 Å². The Morgan fingerprint density at radius 3 is 2.43 bits per heavy atom. The Kier molecular flexibility index (Phi) is 9.28. The van der Waals surface area contributed by atoms with Gasteiger partial charge in [-0.15, -0.1) is 0 Å². The largest absolute Gasteiger partial charge is 0.357 e. The van der Waals surface area contributed by atoms with E-state index in [1.165, 1.54) is 32.4 Å². The van der Waals surface area contributed by atoms with Gasteiger partial charge in [0.1, 0.15) is 0 Å². The number of nitrogens with one attached hydrogen (secondary N) is 2. The van der Waals surface area contributed by atoms with Gasteiger partial charge in [0.05, 0.1) is 6.54 Å². The van der Waals surface area contributed by atoms with Crippen LogP contribution in [0.3, 0.4) is 0 Å². The number of benzene rings is 1. The fourth-order valence-electron chi connectivity index (χ4n) is 3.44. The van der Waals surface area contributed by atoms with Crippen molar-refractivity contribution < 1.29 is 4.79 Å². The first-order valence-corrected chi connectivity index (χ1v) is 10.5. The van der Waals surface area contributed by atoms with Gasteiger partial charge in [0, 0.05) is 39.3 Å². The first-order valence-electron chi connectivity index (χ1n) is 10.5. The number of carbonyl (C=O) groups excluding carboxylic acids is 1. The molecule has 1 aromatic carbocycles. The van der Waals surface area contributed by atoms with Gasteiger partial charge in [-0.25, -0.2) is 4.99 Å². The number of rotatable bonds is 8. The highest BCUT2D eigenvalue weighted by atomic mass is 16.2. The average Bonchev–Trinajstić information content (AvgIpc) is 2.70. The molecular formula is C22H37N5O. The fourth-order valence-corrected chi connectivity index (χ4v) is 3.44. The van der Waals surface area contributed by atoms with Gasteiger partial charge in [0.25, 0.3) is 5.91 Å². The molecule has 1 amide bonds. The molecule has 0 spiro atoms. The highest BCUT2D eigenvalue weighted by Crippen LogP contribution is 2.11. The molecule has 2 N–H and O–H groups in total. The van der Waals surface area contributed by atoms with Gasteiger partial charge < -0.3 is 20.4 Å². The van der Waals surface area contributed by atoms with Crippen LogP contribution in [-0.4, -0.2) is 68.5 Å². The second-order valence-corrected chi connectivity index (χ2v) is 7.94. The molecule has 1 fully saturated rings. The molecule has 6 heteroatoms. The van der Waals surface area contributed by atoms with E-state index in [2.05, 4.69) is 29.4 Å². The van der Waals surface area contributed by atoms with E-state index >= 15 is 0 Å².